The standard InChI is InChI=1S/C10H18O6/c1-7(3-2-4-11)5-8(12)6-9(13)16-10(14)15/h7-8,11-12H,2-6H2,1H3,(H,14,15). The summed E-state index contributed by atoms with van der Waals surface area (Å²) in [4.78, 5) is 20.9. The Hall–Kier alpha value is -1.14. The Kier molecular flexibility index (Phi) is 7.49. The van der Waals surface area contributed by atoms with E-state index < -0.39 is 18.2 Å². The Morgan fingerprint density at radius 1 is 1.38 bits per heavy atom. The average Bonchev–Trinajstić information content (AvgIpc) is 2.12. The van der Waals surface area contributed by atoms with Crippen LogP contribution in [0.2, 0.25) is 0 Å². The van der Waals surface area contributed by atoms with Crippen molar-refractivity contribution in [3.05, 3.63) is 0 Å². The van der Waals surface area contributed by atoms with Gasteiger partial charge in [-0.05, 0) is 25.2 Å². The Labute approximate surface area is 93.8 Å². The van der Waals surface area contributed by atoms with Crippen LogP contribution in [0.4, 0.5) is 4.79 Å². The van der Waals surface area contributed by atoms with Crippen molar-refractivity contribution in [3.63, 3.8) is 0 Å². The highest BCUT2D eigenvalue weighted by Crippen LogP contribution is 2.14. The molecule has 6 nitrogen and oxygen atoms in total. The highest BCUT2D eigenvalue weighted by atomic mass is 16.7. The summed E-state index contributed by atoms with van der Waals surface area (Å²) in [6.07, 6.45) is -1.11. The van der Waals surface area contributed by atoms with Gasteiger partial charge in [-0.3, -0.25) is 4.79 Å². The minimum Gasteiger partial charge on any atom is -0.449 e. The third-order valence-electron chi connectivity index (χ3n) is 2.13. The number of carbonyl (C=O) groups is 2. The van der Waals surface area contributed by atoms with E-state index in [0.717, 1.165) is 6.42 Å². The zero-order valence-corrected chi connectivity index (χ0v) is 9.26. The van der Waals surface area contributed by atoms with E-state index in [2.05, 4.69) is 4.74 Å². The molecule has 16 heavy (non-hydrogen) atoms. The van der Waals surface area contributed by atoms with Crippen LogP contribution in [0.3, 0.4) is 0 Å². The first-order chi connectivity index (χ1) is 7.45. The molecule has 0 aliphatic rings. The zero-order chi connectivity index (χ0) is 12.6. The molecule has 0 saturated heterocycles. The Balaban J connectivity index is 3.75. The van der Waals surface area contributed by atoms with E-state index in [4.69, 9.17) is 10.2 Å². The molecule has 2 unspecified atom stereocenters. The Morgan fingerprint density at radius 3 is 2.50 bits per heavy atom. The van der Waals surface area contributed by atoms with Gasteiger partial charge in [0.1, 0.15) is 0 Å². The second-order valence-electron chi connectivity index (χ2n) is 3.80. The predicted molar refractivity (Wildman–Crippen MR) is 54.8 cm³/mol. The van der Waals surface area contributed by atoms with E-state index in [1.165, 1.54) is 0 Å². The fourth-order valence-electron chi connectivity index (χ4n) is 1.44. The van der Waals surface area contributed by atoms with Gasteiger partial charge in [0.15, 0.2) is 0 Å². The maximum absolute atomic E-state index is 10.9. The maximum Gasteiger partial charge on any atom is 0.513 e. The fraction of sp³-hybridized carbons (Fsp3) is 0.800. The van der Waals surface area contributed by atoms with Crippen LogP contribution in [-0.4, -0.2) is 40.2 Å². The minimum absolute atomic E-state index is 0.0987. The first-order valence-electron chi connectivity index (χ1n) is 5.18. The van der Waals surface area contributed by atoms with Crippen LogP contribution in [0.5, 0.6) is 0 Å². The van der Waals surface area contributed by atoms with Gasteiger partial charge in [0.05, 0.1) is 12.5 Å². The number of aliphatic hydroxyl groups excluding tert-OH is 2. The number of esters is 1. The lowest BCUT2D eigenvalue weighted by Gasteiger charge is -2.14. The molecule has 0 aromatic heterocycles. The molecule has 6 heteroatoms. The quantitative estimate of drug-likeness (QED) is 0.443. The molecule has 0 aromatic carbocycles. The first-order valence-corrected chi connectivity index (χ1v) is 5.18. The summed E-state index contributed by atoms with van der Waals surface area (Å²) in [6.45, 7) is 1.99. The topological polar surface area (TPSA) is 104 Å². The number of aliphatic hydroxyl groups is 2. The van der Waals surface area contributed by atoms with Crippen molar-refractivity contribution in [3.8, 4) is 0 Å². The lowest BCUT2D eigenvalue weighted by Crippen LogP contribution is -2.20. The van der Waals surface area contributed by atoms with Crippen molar-refractivity contribution in [2.24, 2.45) is 5.92 Å². The minimum atomic E-state index is -1.66. The summed E-state index contributed by atoms with van der Waals surface area (Å²) in [5.74, 6) is -0.783. The van der Waals surface area contributed by atoms with E-state index in [0.29, 0.717) is 12.8 Å². The molecule has 0 spiro atoms. The van der Waals surface area contributed by atoms with Crippen molar-refractivity contribution in [2.75, 3.05) is 6.61 Å². The normalized spacial score (nSPS) is 14.2. The van der Waals surface area contributed by atoms with Gasteiger partial charge in [-0.2, -0.15) is 0 Å². The molecule has 0 saturated carbocycles. The predicted octanol–water partition coefficient (Wildman–Crippen LogP) is 0.757. The highest BCUT2D eigenvalue weighted by Gasteiger charge is 2.17. The molecule has 94 valence electrons. The number of carbonyl (C=O) groups excluding carboxylic acids is 1. The summed E-state index contributed by atoms with van der Waals surface area (Å²) in [5, 5.41) is 26.2. The van der Waals surface area contributed by atoms with Crippen LogP contribution >= 0.6 is 0 Å². The van der Waals surface area contributed by atoms with E-state index in [1.54, 1.807) is 0 Å². The van der Waals surface area contributed by atoms with Gasteiger partial charge >= 0.3 is 12.1 Å². The third kappa shape index (κ3) is 8.19. The van der Waals surface area contributed by atoms with Crippen molar-refractivity contribution < 1.29 is 29.6 Å². The third-order valence-corrected chi connectivity index (χ3v) is 2.13. The highest BCUT2D eigenvalue weighted by molar-refractivity contribution is 5.81. The summed E-state index contributed by atoms with van der Waals surface area (Å²) in [7, 11) is 0. The molecule has 0 amide bonds. The average molecular weight is 234 g/mol. The Bertz CT molecular complexity index is 227. The second-order valence-corrected chi connectivity index (χ2v) is 3.80. The zero-order valence-electron chi connectivity index (χ0n) is 9.26. The van der Waals surface area contributed by atoms with Crippen molar-refractivity contribution in [1.82, 2.24) is 0 Å². The van der Waals surface area contributed by atoms with E-state index in [1.807, 2.05) is 6.92 Å². The van der Waals surface area contributed by atoms with Gasteiger partial charge in [-0.15, -0.1) is 0 Å². The van der Waals surface area contributed by atoms with Crippen LogP contribution < -0.4 is 0 Å². The van der Waals surface area contributed by atoms with Crippen LogP contribution in [-0.2, 0) is 9.53 Å². The number of carboxylic acid groups (broad SMARTS) is 1. The van der Waals surface area contributed by atoms with Gasteiger partial charge in [0.25, 0.3) is 0 Å². The number of hydrogen-bond donors (Lipinski definition) is 3. The molecule has 0 aliphatic carbocycles. The monoisotopic (exact) mass is 234 g/mol. The van der Waals surface area contributed by atoms with Crippen LogP contribution in [0.15, 0.2) is 0 Å². The molecule has 2 atom stereocenters. The van der Waals surface area contributed by atoms with E-state index in [-0.39, 0.29) is 18.9 Å². The number of ether oxygens (including phenoxy) is 1. The molecular formula is C10H18O6. The van der Waals surface area contributed by atoms with Gasteiger partial charge in [0, 0.05) is 6.61 Å². The van der Waals surface area contributed by atoms with Gasteiger partial charge in [-0.1, -0.05) is 6.92 Å². The fourth-order valence-corrected chi connectivity index (χ4v) is 1.44. The maximum atomic E-state index is 10.9. The van der Waals surface area contributed by atoms with Gasteiger partial charge < -0.3 is 20.1 Å². The summed E-state index contributed by atoms with van der Waals surface area (Å²) >= 11 is 0. The Morgan fingerprint density at radius 2 is 2.00 bits per heavy atom. The smallest absolute Gasteiger partial charge is 0.449 e. The lowest BCUT2D eigenvalue weighted by molar-refractivity contribution is -0.141. The SMILES string of the molecule is CC(CCCO)CC(O)CC(=O)OC(=O)O. The van der Waals surface area contributed by atoms with Gasteiger partial charge in [-0.25, -0.2) is 4.79 Å². The molecular weight excluding hydrogens is 216 g/mol. The summed E-state index contributed by atoms with van der Waals surface area (Å²) < 4.78 is 3.86. The molecule has 0 radical (unpaired) electrons. The first kappa shape index (κ1) is 14.9. The second kappa shape index (κ2) is 8.06. The molecule has 0 heterocycles. The van der Waals surface area contributed by atoms with Crippen molar-refractivity contribution in [1.29, 1.82) is 0 Å². The molecule has 0 aromatic rings. The lowest BCUT2D eigenvalue weighted by atomic mass is 9.97. The van der Waals surface area contributed by atoms with Gasteiger partial charge in [0.2, 0.25) is 0 Å². The van der Waals surface area contributed by atoms with Crippen LogP contribution in [0, 0.1) is 5.92 Å². The number of rotatable bonds is 7. The molecule has 0 aliphatic heterocycles. The molecule has 0 rings (SSSR count). The number of hydrogen-bond acceptors (Lipinski definition) is 5. The van der Waals surface area contributed by atoms with Crippen molar-refractivity contribution >= 4 is 12.1 Å². The van der Waals surface area contributed by atoms with Crippen molar-refractivity contribution in [2.45, 2.75) is 38.7 Å². The molecule has 0 fully saturated rings. The van der Waals surface area contributed by atoms with E-state index >= 15 is 0 Å². The van der Waals surface area contributed by atoms with Crippen LogP contribution in [0.1, 0.15) is 32.6 Å². The largest absolute Gasteiger partial charge is 0.513 e. The van der Waals surface area contributed by atoms with E-state index in [9.17, 15) is 14.7 Å². The summed E-state index contributed by atoms with van der Waals surface area (Å²) in [5.41, 5.74) is 0. The van der Waals surface area contributed by atoms with Crippen LogP contribution in [0.25, 0.3) is 0 Å². The molecule has 0 bridgehead atoms. The summed E-state index contributed by atoms with van der Waals surface area (Å²) in [6, 6.07) is 0. The molecule has 3 N–H and O–H groups in total.